The maximum absolute atomic E-state index is 14.2. The number of hydrogen-bond acceptors (Lipinski definition) is 3. The summed E-state index contributed by atoms with van der Waals surface area (Å²) in [6.07, 6.45) is 2.09. The molecule has 1 heterocycles. The Morgan fingerprint density at radius 1 is 1.30 bits per heavy atom. The molecule has 0 N–H and O–H groups in total. The van der Waals surface area contributed by atoms with E-state index < -0.39 is 5.82 Å². The predicted molar refractivity (Wildman–Crippen MR) is 104 cm³/mol. The van der Waals surface area contributed by atoms with Crippen LogP contribution in [0.4, 0.5) is 10.1 Å². The summed E-state index contributed by atoms with van der Waals surface area (Å²) in [6, 6.07) is 16.0. The molecule has 3 rings (SSSR count). The van der Waals surface area contributed by atoms with Gasteiger partial charge in [0.05, 0.1) is 24.7 Å². The summed E-state index contributed by atoms with van der Waals surface area (Å²) in [5, 5.41) is 9.58. The Morgan fingerprint density at radius 2 is 2.11 bits per heavy atom. The predicted octanol–water partition coefficient (Wildman–Crippen LogP) is 4.56. The molecule has 0 unspecified atom stereocenters. The maximum Gasteiger partial charge on any atom is 0.241 e. The highest BCUT2D eigenvalue weighted by Gasteiger charge is 2.30. The lowest BCUT2D eigenvalue weighted by Gasteiger charge is -2.28. The summed E-state index contributed by atoms with van der Waals surface area (Å²) in [7, 11) is 0. The van der Waals surface area contributed by atoms with Gasteiger partial charge < -0.3 is 4.90 Å². The number of para-hydroxylation sites is 1. The first-order chi connectivity index (χ1) is 13.1. The van der Waals surface area contributed by atoms with Gasteiger partial charge in [-0.05, 0) is 49.2 Å². The molecule has 140 valence electrons. The summed E-state index contributed by atoms with van der Waals surface area (Å²) >= 11 is 6.12. The zero-order valence-corrected chi connectivity index (χ0v) is 15.7. The van der Waals surface area contributed by atoms with Crippen LogP contribution in [-0.4, -0.2) is 30.4 Å². The van der Waals surface area contributed by atoms with Crippen molar-refractivity contribution in [1.29, 1.82) is 5.26 Å². The Hall–Kier alpha value is -2.42. The van der Waals surface area contributed by atoms with Crippen LogP contribution in [-0.2, 0) is 4.79 Å². The molecule has 1 aliphatic heterocycles. The highest BCUT2D eigenvalue weighted by molar-refractivity contribution is 6.30. The van der Waals surface area contributed by atoms with E-state index in [1.807, 2.05) is 30.3 Å². The third-order valence-corrected chi connectivity index (χ3v) is 5.06. The average Bonchev–Trinajstić information content (AvgIpc) is 3.11. The summed E-state index contributed by atoms with van der Waals surface area (Å²) in [6.45, 7) is 1.15. The SMILES string of the molecule is N#CCCN(C(=O)CN1CCC[C@@H]1c1cccc(Cl)c1)c1ccccc1F. The lowest BCUT2D eigenvalue weighted by Crippen LogP contribution is -2.41. The van der Waals surface area contributed by atoms with Gasteiger partial charge in [-0.2, -0.15) is 5.26 Å². The first-order valence-corrected chi connectivity index (χ1v) is 9.39. The molecule has 0 bridgehead atoms. The Labute approximate surface area is 163 Å². The van der Waals surface area contributed by atoms with Gasteiger partial charge in [0, 0.05) is 17.6 Å². The van der Waals surface area contributed by atoms with Crippen molar-refractivity contribution in [3.05, 3.63) is 64.9 Å². The minimum atomic E-state index is -0.461. The van der Waals surface area contributed by atoms with Crippen LogP contribution in [0, 0.1) is 17.1 Å². The molecule has 0 aliphatic carbocycles. The summed E-state index contributed by atoms with van der Waals surface area (Å²) in [5.74, 6) is -0.666. The van der Waals surface area contributed by atoms with Gasteiger partial charge in [-0.1, -0.05) is 35.9 Å². The van der Waals surface area contributed by atoms with E-state index in [4.69, 9.17) is 16.9 Å². The van der Waals surface area contributed by atoms with Crippen molar-refractivity contribution >= 4 is 23.2 Å². The first kappa shape index (κ1) is 19.3. The largest absolute Gasteiger partial charge is 0.308 e. The fraction of sp³-hybridized carbons (Fsp3) is 0.333. The van der Waals surface area contributed by atoms with Crippen LogP contribution in [0.5, 0.6) is 0 Å². The Morgan fingerprint density at radius 3 is 2.85 bits per heavy atom. The highest BCUT2D eigenvalue weighted by atomic mass is 35.5. The summed E-state index contributed by atoms with van der Waals surface area (Å²) in [4.78, 5) is 16.5. The Kier molecular flexibility index (Phi) is 6.44. The quantitative estimate of drug-likeness (QED) is 0.732. The van der Waals surface area contributed by atoms with E-state index in [2.05, 4.69) is 4.90 Å². The average molecular weight is 386 g/mol. The number of hydrogen-bond donors (Lipinski definition) is 0. The number of benzene rings is 2. The molecular weight excluding hydrogens is 365 g/mol. The van der Waals surface area contributed by atoms with Crippen LogP contribution in [0.1, 0.15) is 30.9 Å². The normalized spacial score (nSPS) is 16.9. The van der Waals surface area contributed by atoms with Crippen molar-refractivity contribution in [2.24, 2.45) is 0 Å². The second-order valence-electron chi connectivity index (χ2n) is 6.59. The van der Waals surface area contributed by atoms with E-state index in [1.165, 1.54) is 11.0 Å². The van der Waals surface area contributed by atoms with Gasteiger partial charge in [0.15, 0.2) is 0 Å². The molecule has 2 aromatic rings. The number of carbonyl (C=O) groups excluding carboxylic acids is 1. The second-order valence-corrected chi connectivity index (χ2v) is 7.02. The van der Waals surface area contributed by atoms with Crippen LogP contribution in [0.15, 0.2) is 48.5 Å². The maximum atomic E-state index is 14.2. The van der Waals surface area contributed by atoms with E-state index in [1.54, 1.807) is 18.2 Å². The van der Waals surface area contributed by atoms with Gasteiger partial charge in [0.1, 0.15) is 5.82 Å². The third kappa shape index (κ3) is 4.65. The fourth-order valence-corrected chi connectivity index (χ4v) is 3.78. The van der Waals surface area contributed by atoms with Crippen LogP contribution >= 0.6 is 11.6 Å². The number of nitrogens with zero attached hydrogens (tertiary/aromatic N) is 3. The van der Waals surface area contributed by atoms with E-state index in [-0.39, 0.29) is 37.1 Å². The number of carbonyl (C=O) groups is 1. The Balaban J connectivity index is 1.78. The van der Waals surface area contributed by atoms with Gasteiger partial charge in [0.2, 0.25) is 5.91 Å². The molecule has 0 aromatic heterocycles. The van der Waals surface area contributed by atoms with Crippen LogP contribution in [0.2, 0.25) is 5.02 Å². The minimum absolute atomic E-state index is 0.117. The number of halogens is 2. The van der Waals surface area contributed by atoms with Crippen LogP contribution < -0.4 is 4.90 Å². The van der Waals surface area contributed by atoms with Crippen LogP contribution in [0.25, 0.3) is 0 Å². The lowest BCUT2D eigenvalue weighted by atomic mass is 10.0. The third-order valence-electron chi connectivity index (χ3n) is 4.83. The molecule has 1 atom stereocenters. The number of rotatable bonds is 6. The number of nitriles is 1. The summed E-state index contributed by atoms with van der Waals surface area (Å²) in [5.41, 5.74) is 1.30. The molecule has 1 saturated heterocycles. The van der Waals surface area contributed by atoms with Gasteiger partial charge in [-0.25, -0.2) is 4.39 Å². The summed E-state index contributed by atoms with van der Waals surface area (Å²) < 4.78 is 14.2. The molecule has 1 fully saturated rings. The molecule has 6 heteroatoms. The molecule has 0 saturated carbocycles. The smallest absolute Gasteiger partial charge is 0.241 e. The molecule has 0 spiro atoms. The highest BCUT2D eigenvalue weighted by Crippen LogP contribution is 2.33. The van der Waals surface area contributed by atoms with E-state index >= 15 is 0 Å². The topological polar surface area (TPSA) is 47.3 Å². The number of amides is 1. The minimum Gasteiger partial charge on any atom is -0.308 e. The zero-order valence-electron chi connectivity index (χ0n) is 14.9. The standard InChI is InChI=1S/C21H21ClFN3O/c22-17-7-3-6-16(14-17)19-10-4-12-25(19)15-21(27)26(13-5-11-24)20-9-2-1-8-18(20)23/h1-3,6-9,14,19H,4-5,10,12-13,15H2/t19-/m1/s1. The van der Waals surface area contributed by atoms with Gasteiger partial charge in [-0.3, -0.25) is 9.69 Å². The lowest BCUT2D eigenvalue weighted by molar-refractivity contribution is -0.120. The molecule has 1 aliphatic rings. The van der Waals surface area contributed by atoms with Crippen molar-refractivity contribution in [3.63, 3.8) is 0 Å². The molecule has 1 amide bonds. The second kappa shape index (κ2) is 8.98. The van der Waals surface area contributed by atoms with E-state index in [0.717, 1.165) is 24.9 Å². The molecule has 2 aromatic carbocycles. The molecular formula is C21H21ClFN3O. The van der Waals surface area contributed by atoms with Crippen molar-refractivity contribution in [1.82, 2.24) is 4.90 Å². The van der Waals surface area contributed by atoms with Crippen molar-refractivity contribution in [2.45, 2.75) is 25.3 Å². The van der Waals surface area contributed by atoms with Gasteiger partial charge in [-0.15, -0.1) is 0 Å². The van der Waals surface area contributed by atoms with Crippen molar-refractivity contribution in [3.8, 4) is 6.07 Å². The van der Waals surface area contributed by atoms with E-state index in [9.17, 15) is 9.18 Å². The monoisotopic (exact) mass is 385 g/mol. The molecule has 0 radical (unpaired) electrons. The first-order valence-electron chi connectivity index (χ1n) is 9.01. The zero-order chi connectivity index (χ0) is 19.2. The van der Waals surface area contributed by atoms with Gasteiger partial charge in [0.25, 0.3) is 0 Å². The van der Waals surface area contributed by atoms with Crippen molar-refractivity contribution < 1.29 is 9.18 Å². The van der Waals surface area contributed by atoms with Gasteiger partial charge >= 0.3 is 0 Å². The van der Waals surface area contributed by atoms with Crippen molar-refractivity contribution in [2.75, 3.05) is 24.5 Å². The van der Waals surface area contributed by atoms with Crippen LogP contribution in [0.3, 0.4) is 0 Å². The number of anilines is 1. The number of likely N-dealkylation sites (tertiary alicyclic amines) is 1. The molecule has 4 nitrogen and oxygen atoms in total. The molecule has 27 heavy (non-hydrogen) atoms. The Bertz CT molecular complexity index is 851. The fourth-order valence-electron chi connectivity index (χ4n) is 3.58. The van der Waals surface area contributed by atoms with E-state index in [0.29, 0.717) is 5.02 Å².